The van der Waals surface area contributed by atoms with Gasteiger partial charge in [-0.25, -0.2) is 0 Å². The number of nitrogens with one attached hydrogen (secondary N) is 3. The highest BCUT2D eigenvalue weighted by Gasteiger charge is 2.68. The zero-order chi connectivity index (χ0) is 36.6. The zero-order valence-corrected chi connectivity index (χ0v) is 32.0. The van der Waals surface area contributed by atoms with E-state index in [9.17, 15) is 19.2 Å². The van der Waals surface area contributed by atoms with Gasteiger partial charge in [0, 0.05) is 40.4 Å². The number of ketones is 1. The van der Waals surface area contributed by atoms with Gasteiger partial charge in [0.1, 0.15) is 5.78 Å². The Hall–Kier alpha value is -2.04. The minimum atomic E-state index is 0.0168. The lowest BCUT2D eigenvalue weighted by molar-refractivity contribution is -0.199. The van der Waals surface area contributed by atoms with Gasteiger partial charge in [-0.2, -0.15) is 0 Å². The molecule has 10 heteroatoms. The van der Waals surface area contributed by atoms with Gasteiger partial charge in [0.15, 0.2) is 0 Å². The maximum atomic E-state index is 11.7. The highest BCUT2D eigenvalue weighted by molar-refractivity contribution is 5.74. The minimum absolute atomic E-state index is 0.0168. The summed E-state index contributed by atoms with van der Waals surface area (Å²) in [6.45, 7) is 17.0. The summed E-state index contributed by atoms with van der Waals surface area (Å²) in [5, 5.41) is 9.28. The molecule has 0 unspecified atom stereocenters. The van der Waals surface area contributed by atoms with E-state index in [1.54, 1.807) is 20.8 Å². The van der Waals surface area contributed by atoms with Gasteiger partial charge in [-0.15, -0.1) is 0 Å². The van der Waals surface area contributed by atoms with Crippen LogP contribution in [-0.4, -0.2) is 62.8 Å². The quantitative estimate of drug-likeness (QED) is 0.187. The molecule has 0 spiro atoms. The molecule has 0 aromatic carbocycles. The first-order chi connectivity index (χ1) is 22.8. The van der Waals surface area contributed by atoms with Crippen LogP contribution in [0.2, 0.25) is 0 Å². The first-order valence-electron chi connectivity index (χ1n) is 19.1. The Labute approximate surface area is 296 Å². The van der Waals surface area contributed by atoms with Gasteiger partial charge < -0.3 is 37.9 Å². The Balaban J connectivity index is 0.000000211. The van der Waals surface area contributed by atoms with Crippen LogP contribution in [0.5, 0.6) is 0 Å². The number of hydrogen-bond donors (Lipinski definition) is 6. The van der Waals surface area contributed by atoms with Crippen LogP contribution < -0.4 is 33.2 Å². The maximum Gasteiger partial charge on any atom is 0.216 e. The summed E-state index contributed by atoms with van der Waals surface area (Å²) < 4.78 is 0. The van der Waals surface area contributed by atoms with E-state index < -0.39 is 0 Å². The van der Waals surface area contributed by atoms with E-state index in [1.165, 1.54) is 58.8 Å². The molecule has 8 bridgehead atoms. The fraction of sp³-hybridized carbons (Fsp3) is 0.897. The lowest BCUT2D eigenvalue weighted by Crippen LogP contribution is -2.67. The van der Waals surface area contributed by atoms with Crippen LogP contribution in [0.3, 0.4) is 0 Å². The number of carbonyl (C=O) groups is 4. The van der Waals surface area contributed by atoms with Crippen molar-refractivity contribution in [1.29, 1.82) is 0 Å². The normalized spacial score (nSPS) is 41.9. The van der Waals surface area contributed by atoms with Crippen LogP contribution in [0.4, 0.5) is 0 Å². The maximum absolute atomic E-state index is 11.7. The molecule has 9 N–H and O–H groups in total. The molecular formula is C39H70N6O4. The van der Waals surface area contributed by atoms with Crippen molar-refractivity contribution < 1.29 is 19.2 Å². The fourth-order valence-electron chi connectivity index (χ4n) is 13.9. The summed E-state index contributed by atoms with van der Waals surface area (Å²) in [5.41, 5.74) is 20.5. The van der Waals surface area contributed by atoms with Gasteiger partial charge in [-0.1, -0.05) is 26.7 Å². The third kappa shape index (κ3) is 8.38. The predicted molar refractivity (Wildman–Crippen MR) is 195 cm³/mol. The topological polar surface area (TPSA) is 182 Å². The number of Topliss-reactive ketones (excluding diaryl/α,β-unsaturated/α-hetero) is 1. The second-order valence-corrected chi connectivity index (χ2v) is 19.1. The highest BCUT2D eigenvalue weighted by atomic mass is 16.2. The zero-order valence-electron chi connectivity index (χ0n) is 32.0. The van der Waals surface area contributed by atoms with Crippen LogP contribution in [0.25, 0.3) is 0 Å². The Kier molecular flexibility index (Phi) is 11.5. The van der Waals surface area contributed by atoms with Crippen molar-refractivity contribution >= 4 is 23.5 Å². The number of rotatable bonds is 11. The van der Waals surface area contributed by atoms with E-state index in [1.807, 2.05) is 0 Å². The van der Waals surface area contributed by atoms with Gasteiger partial charge in [-0.05, 0) is 154 Å². The number of amides is 3. The van der Waals surface area contributed by atoms with Crippen molar-refractivity contribution in [1.82, 2.24) is 16.0 Å². The molecule has 0 aromatic heterocycles. The lowest BCUT2D eigenvalue weighted by atomic mass is 9.35. The monoisotopic (exact) mass is 687 g/mol. The van der Waals surface area contributed by atoms with Crippen LogP contribution in [0.15, 0.2) is 0 Å². The summed E-state index contributed by atoms with van der Waals surface area (Å²) in [6, 6.07) is 0. The van der Waals surface area contributed by atoms with Crippen molar-refractivity contribution in [2.24, 2.45) is 60.5 Å². The van der Waals surface area contributed by atoms with E-state index in [2.05, 4.69) is 29.8 Å². The largest absolute Gasteiger partial charge is 0.356 e. The third-order valence-electron chi connectivity index (χ3n) is 13.9. The van der Waals surface area contributed by atoms with E-state index in [4.69, 9.17) is 17.2 Å². The lowest BCUT2D eigenvalue weighted by Gasteiger charge is -2.71. The second-order valence-electron chi connectivity index (χ2n) is 19.1. The van der Waals surface area contributed by atoms with Crippen LogP contribution in [0, 0.1) is 43.3 Å². The van der Waals surface area contributed by atoms with E-state index in [0.29, 0.717) is 41.3 Å². The Morgan fingerprint density at radius 3 is 0.776 bits per heavy atom. The molecule has 0 aliphatic heterocycles. The van der Waals surface area contributed by atoms with Crippen molar-refractivity contribution in [3.05, 3.63) is 0 Å². The van der Waals surface area contributed by atoms with E-state index >= 15 is 0 Å². The molecular weight excluding hydrogens is 616 g/mol. The summed E-state index contributed by atoms with van der Waals surface area (Å²) in [4.78, 5) is 44.4. The number of hydrogen-bond acceptors (Lipinski definition) is 7. The highest BCUT2D eigenvalue weighted by Crippen LogP contribution is 2.75. The molecule has 8 rings (SSSR count). The molecule has 0 atom stereocenters. The molecule has 0 radical (unpaired) electrons. The smallest absolute Gasteiger partial charge is 0.216 e. The van der Waals surface area contributed by atoms with Gasteiger partial charge in [0.05, 0.1) is 0 Å². The average molecular weight is 687 g/mol. The fourth-order valence-corrected chi connectivity index (χ4v) is 13.9. The summed E-state index contributed by atoms with van der Waals surface area (Å²) in [7, 11) is 0. The molecule has 49 heavy (non-hydrogen) atoms. The van der Waals surface area contributed by atoms with Crippen LogP contribution in [-0.2, 0) is 19.2 Å². The van der Waals surface area contributed by atoms with Crippen LogP contribution in [0.1, 0.15) is 138 Å². The van der Waals surface area contributed by atoms with E-state index in [-0.39, 0.29) is 45.2 Å². The van der Waals surface area contributed by atoms with Crippen LogP contribution >= 0.6 is 0 Å². The molecule has 0 aromatic rings. The van der Waals surface area contributed by atoms with Gasteiger partial charge in [-0.3, -0.25) is 14.4 Å². The third-order valence-corrected chi connectivity index (χ3v) is 13.9. The molecule has 8 aliphatic carbocycles. The molecule has 8 fully saturated rings. The average Bonchev–Trinajstić information content (AvgIpc) is 3.01. The number of carbonyl (C=O) groups excluding carboxylic acids is 4. The van der Waals surface area contributed by atoms with Crippen molar-refractivity contribution in [3.8, 4) is 0 Å². The molecule has 0 saturated heterocycles. The van der Waals surface area contributed by atoms with Gasteiger partial charge in [0.2, 0.25) is 17.7 Å². The molecule has 10 nitrogen and oxygen atoms in total. The first-order valence-corrected chi connectivity index (χ1v) is 19.1. The van der Waals surface area contributed by atoms with Crippen molar-refractivity contribution in [3.63, 3.8) is 0 Å². The van der Waals surface area contributed by atoms with Crippen molar-refractivity contribution in [2.45, 2.75) is 138 Å². The van der Waals surface area contributed by atoms with Gasteiger partial charge >= 0.3 is 0 Å². The van der Waals surface area contributed by atoms with Crippen molar-refractivity contribution in [2.75, 3.05) is 39.3 Å². The Morgan fingerprint density at radius 2 is 0.592 bits per heavy atom. The van der Waals surface area contributed by atoms with E-state index in [0.717, 1.165) is 64.6 Å². The molecule has 280 valence electrons. The van der Waals surface area contributed by atoms with Gasteiger partial charge in [0.25, 0.3) is 0 Å². The predicted octanol–water partition coefficient (Wildman–Crippen LogP) is 4.33. The first kappa shape index (κ1) is 39.7. The summed E-state index contributed by atoms with van der Waals surface area (Å²) in [5.74, 6) is 0.217. The molecule has 8 aliphatic rings. The Morgan fingerprint density at radius 1 is 0.408 bits per heavy atom. The number of nitrogens with two attached hydrogens (primary N) is 3. The summed E-state index contributed by atoms with van der Waals surface area (Å²) >= 11 is 0. The minimum Gasteiger partial charge on any atom is -0.356 e. The molecule has 8 saturated carbocycles. The summed E-state index contributed by atoms with van der Waals surface area (Å²) in [6.07, 6.45) is 16.7. The second kappa shape index (κ2) is 14.2. The Bertz CT molecular complexity index is 1070. The SMILES string of the molecule is CC(C)=O.CCC12CC3(CN)CC(CN)(C1)CC(CN)(C2)C3.CCC12CC3(CNC(C)=O)CC(CNC(C)=O)(C1)CC(CNC(C)=O)(C2)C3. The molecule has 0 heterocycles. The molecule has 3 amide bonds. The standard InChI is InChI=1S/C21H35N3O3.C15H29N3.C3H6O/c1-5-18-6-19(12-22-15(2)25)9-20(7-18,13-23-16(3)26)11-21(8-18,10-19)14-24-17(4)27;1-2-12-3-13(9-16)6-14(4-12,10-17)8-15(5-12,7-13)11-18;1-3(2)4/h5-14H2,1-4H3,(H,22,25)(H,23,26)(H,24,27);2-11,16-18H2,1H3;1-2H3.